The maximum Gasteiger partial charge on any atom is 0.326 e. The second-order valence-electron chi connectivity index (χ2n) is 6.34. The van der Waals surface area contributed by atoms with Gasteiger partial charge in [-0.1, -0.05) is 38.1 Å². The van der Waals surface area contributed by atoms with Crippen molar-refractivity contribution in [3.63, 3.8) is 0 Å². The number of carboxylic acids is 1. The van der Waals surface area contributed by atoms with Crippen LogP contribution < -0.4 is 5.32 Å². The number of carbonyl (C=O) groups excluding carboxylic acids is 1. The number of nitrogens with one attached hydrogen (secondary N) is 1. The minimum atomic E-state index is -1.00. The van der Waals surface area contributed by atoms with Crippen LogP contribution in [-0.2, 0) is 16.0 Å². The Labute approximate surface area is 162 Å². The molecule has 2 N–H and O–H groups in total. The van der Waals surface area contributed by atoms with Crippen LogP contribution in [0.3, 0.4) is 0 Å². The van der Waals surface area contributed by atoms with Crippen molar-refractivity contribution in [1.29, 1.82) is 0 Å². The Balaban J connectivity index is 1.98. The summed E-state index contributed by atoms with van der Waals surface area (Å²) >= 11 is 3.04. The van der Waals surface area contributed by atoms with Crippen LogP contribution in [0.2, 0.25) is 0 Å². The topological polar surface area (TPSA) is 79.3 Å². The molecule has 2 rings (SSSR count). The number of carboxylic acid groups (broad SMARTS) is 1. The molecule has 0 aliphatic carbocycles. The molecular weight excluding hydrogens is 368 g/mol. The third kappa shape index (κ3) is 5.85. The average molecular weight is 393 g/mol. The van der Waals surface area contributed by atoms with E-state index in [2.05, 4.69) is 36.3 Å². The molecule has 1 heterocycles. The molecule has 0 saturated heterocycles. The predicted molar refractivity (Wildman–Crippen MR) is 108 cm³/mol. The Morgan fingerprint density at radius 3 is 2.54 bits per heavy atom. The zero-order valence-corrected chi connectivity index (χ0v) is 16.8. The van der Waals surface area contributed by atoms with Gasteiger partial charge in [0.1, 0.15) is 11.0 Å². The van der Waals surface area contributed by atoms with E-state index in [0.717, 1.165) is 10.6 Å². The lowest BCUT2D eigenvalue weighted by Gasteiger charge is -2.13. The lowest BCUT2D eigenvalue weighted by molar-refractivity contribution is -0.141. The molecule has 0 aliphatic heterocycles. The molecule has 7 heteroatoms. The first-order valence-electron chi connectivity index (χ1n) is 8.46. The largest absolute Gasteiger partial charge is 0.480 e. The highest BCUT2D eigenvalue weighted by molar-refractivity contribution is 7.98. The SMILES string of the molecule is CSCC[C@H](NC(=O)Cc1csc(-c2ccc(C(C)C)cc2)n1)C(=O)O. The number of aromatic nitrogens is 1. The summed E-state index contributed by atoms with van der Waals surface area (Å²) in [6.07, 6.45) is 2.40. The molecular formula is C19H24N2O3S2. The second-order valence-corrected chi connectivity index (χ2v) is 8.18. The number of hydrogen-bond acceptors (Lipinski definition) is 5. The summed E-state index contributed by atoms with van der Waals surface area (Å²) in [7, 11) is 0. The first-order chi connectivity index (χ1) is 12.4. The number of hydrogen-bond donors (Lipinski definition) is 2. The Morgan fingerprint density at radius 1 is 1.27 bits per heavy atom. The molecule has 2 aromatic rings. The molecule has 0 spiro atoms. The number of thiazole rings is 1. The van der Waals surface area contributed by atoms with E-state index >= 15 is 0 Å². The Morgan fingerprint density at radius 2 is 1.96 bits per heavy atom. The van der Waals surface area contributed by atoms with Crippen molar-refractivity contribution in [2.45, 2.75) is 38.6 Å². The quantitative estimate of drug-likeness (QED) is 0.679. The van der Waals surface area contributed by atoms with Crippen LogP contribution in [0.1, 0.15) is 37.4 Å². The van der Waals surface area contributed by atoms with Crippen LogP contribution in [0, 0.1) is 0 Å². The molecule has 26 heavy (non-hydrogen) atoms. The van der Waals surface area contributed by atoms with Gasteiger partial charge in [0.15, 0.2) is 0 Å². The zero-order chi connectivity index (χ0) is 19.1. The highest BCUT2D eigenvalue weighted by Gasteiger charge is 2.20. The molecule has 5 nitrogen and oxygen atoms in total. The van der Waals surface area contributed by atoms with Gasteiger partial charge < -0.3 is 10.4 Å². The van der Waals surface area contributed by atoms with Gasteiger partial charge in [0.25, 0.3) is 0 Å². The molecule has 140 valence electrons. The van der Waals surface area contributed by atoms with Gasteiger partial charge in [-0.3, -0.25) is 4.79 Å². The van der Waals surface area contributed by atoms with Crippen LogP contribution in [0.25, 0.3) is 10.6 Å². The van der Waals surface area contributed by atoms with Crippen LogP contribution >= 0.6 is 23.1 Å². The average Bonchev–Trinajstić information content (AvgIpc) is 3.06. The van der Waals surface area contributed by atoms with E-state index in [9.17, 15) is 14.7 Å². The summed E-state index contributed by atoms with van der Waals surface area (Å²) in [6, 6.07) is 7.42. The van der Waals surface area contributed by atoms with E-state index in [1.165, 1.54) is 16.9 Å². The van der Waals surface area contributed by atoms with Gasteiger partial charge in [0.2, 0.25) is 5.91 Å². The first-order valence-corrected chi connectivity index (χ1v) is 10.7. The van der Waals surface area contributed by atoms with Gasteiger partial charge in [-0.25, -0.2) is 9.78 Å². The molecule has 0 bridgehead atoms. The molecule has 1 amide bonds. The van der Waals surface area contributed by atoms with Crippen molar-refractivity contribution in [1.82, 2.24) is 10.3 Å². The number of rotatable bonds is 9. The monoisotopic (exact) mass is 392 g/mol. The van der Waals surface area contributed by atoms with Gasteiger partial charge >= 0.3 is 5.97 Å². The molecule has 1 aromatic carbocycles. The highest BCUT2D eigenvalue weighted by atomic mass is 32.2. The standard InChI is InChI=1S/C19H24N2O3S2/c1-12(2)13-4-6-14(7-5-13)18-20-15(11-26-18)10-17(22)21-16(19(23)24)8-9-25-3/h4-7,11-12,16H,8-10H2,1-3H3,(H,21,22)(H,23,24)/t16-/m0/s1. The van der Waals surface area contributed by atoms with Crippen molar-refractivity contribution in [2.24, 2.45) is 0 Å². The Bertz CT molecular complexity index is 741. The maximum absolute atomic E-state index is 12.1. The van der Waals surface area contributed by atoms with Crippen LogP contribution in [0.4, 0.5) is 0 Å². The van der Waals surface area contributed by atoms with E-state index < -0.39 is 12.0 Å². The van der Waals surface area contributed by atoms with Crippen LogP contribution in [-0.4, -0.2) is 40.0 Å². The Kier molecular flexibility index (Phi) is 7.66. The van der Waals surface area contributed by atoms with Gasteiger partial charge in [-0.05, 0) is 29.9 Å². The smallest absolute Gasteiger partial charge is 0.326 e. The van der Waals surface area contributed by atoms with E-state index in [0.29, 0.717) is 23.8 Å². The van der Waals surface area contributed by atoms with Crippen molar-refractivity contribution in [2.75, 3.05) is 12.0 Å². The fourth-order valence-corrected chi connectivity index (χ4v) is 3.73. The van der Waals surface area contributed by atoms with Gasteiger partial charge in [0, 0.05) is 10.9 Å². The Hall–Kier alpha value is -1.86. The molecule has 1 atom stereocenters. The summed E-state index contributed by atoms with van der Waals surface area (Å²) in [5.41, 5.74) is 2.95. The number of thioether (sulfide) groups is 1. The van der Waals surface area contributed by atoms with E-state index in [4.69, 9.17) is 0 Å². The van der Waals surface area contributed by atoms with Crippen molar-refractivity contribution >= 4 is 35.0 Å². The third-order valence-corrected chi connectivity index (χ3v) is 5.55. The third-order valence-electron chi connectivity index (χ3n) is 3.96. The molecule has 0 fully saturated rings. The van der Waals surface area contributed by atoms with Crippen molar-refractivity contribution in [3.8, 4) is 10.6 Å². The molecule has 0 radical (unpaired) electrons. The van der Waals surface area contributed by atoms with E-state index in [1.807, 2.05) is 23.8 Å². The molecule has 0 unspecified atom stereocenters. The van der Waals surface area contributed by atoms with Crippen molar-refractivity contribution < 1.29 is 14.7 Å². The molecule has 1 aromatic heterocycles. The fourth-order valence-electron chi connectivity index (χ4n) is 2.43. The van der Waals surface area contributed by atoms with Crippen LogP contribution in [0.5, 0.6) is 0 Å². The lowest BCUT2D eigenvalue weighted by Crippen LogP contribution is -2.41. The molecule has 0 saturated carbocycles. The van der Waals surface area contributed by atoms with E-state index in [-0.39, 0.29) is 12.3 Å². The molecule has 0 aliphatic rings. The number of aliphatic carboxylic acids is 1. The highest BCUT2D eigenvalue weighted by Crippen LogP contribution is 2.26. The number of benzene rings is 1. The van der Waals surface area contributed by atoms with Crippen molar-refractivity contribution in [3.05, 3.63) is 40.9 Å². The summed E-state index contributed by atoms with van der Waals surface area (Å²) in [4.78, 5) is 27.9. The normalized spacial score (nSPS) is 12.2. The number of nitrogens with zero attached hydrogens (tertiary/aromatic N) is 1. The van der Waals surface area contributed by atoms with E-state index in [1.54, 1.807) is 11.8 Å². The minimum Gasteiger partial charge on any atom is -0.480 e. The number of carbonyl (C=O) groups is 2. The second kappa shape index (κ2) is 9.73. The summed E-state index contributed by atoms with van der Waals surface area (Å²) < 4.78 is 0. The summed E-state index contributed by atoms with van der Waals surface area (Å²) in [5, 5.41) is 14.5. The zero-order valence-electron chi connectivity index (χ0n) is 15.2. The predicted octanol–water partition coefficient (Wildman–Crippen LogP) is 3.80. The summed E-state index contributed by atoms with van der Waals surface area (Å²) in [6.45, 7) is 4.30. The first kappa shape index (κ1) is 20.5. The summed E-state index contributed by atoms with van der Waals surface area (Å²) in [5.74, 6) is -0.153. The van der Waals surface area contributed by atoms with Crippen LogP contribution in [0.15, 0.2) is 29.6 Å². The van der Waals surface area contributed by atoms with Gasteiger partial charge in [-0.2, -0.15) is 11.8 Å². The van der Waals surface area contributed by atoms with Gasteiger partial charge in [-0.15, -0.1) is 11.3 Å². The fraction of sp³-hybridized carbons (Fsp3) is 0.421. The maximum atomic E-state index is 12.1. The minimum absolute atomic E-state index is 0.0869. The van der Waals surface area contributed by atoms with Gasteiger partial charge in [0.05, 0.1) is 12.1 Å². The number of amides is 1. The lowest BCUT2D eigenvalue weighted by atomic mass is 10.0.